The van der Waals surface area contributed by atoms with Crippen LogP contribution in [0.4, 0.5) is 0 Å². The lowest BCUT2D eigenvalue weighted by Crippen LogP contribution is -2.49. The minimum Gasteiger partial charge on any atom is -0.377 e. The number of rotatable bonds is 4. The van der Waals surface area contributed by atoms with Crippen LogP contribution in [0.2, 0.25) is 0 Å². The van der Waals surface area contributed by atoms with Gasteiger partial charge >= 0.3 is 0 Å². The Bertz CT molecular complexity index is 272. The van der Waals surface area contributed by atoms with Crippen molar-refractivity contribution in [1.82, 2.24) is 4.90 Å². The van der Waals surface area contributed by atoms with E-state index in [2.05, 4.69) is 17.9 Å². The van der Waals surface area contributed by atoms with Crippen LogP contribution in [0.15, 0.2) is 0 Å². The third-order valence-electron chi connectivity index (χ3n) is 3.43. The molecule has 4 heteroatoms. The number of nitriles is 1. The molecule has 0 bridgehead atoms. The molecule has 0 aromatic heterocycles. The second-order valence-corrected chi connectivity index (χ2v) is 5.31. The van der Waals surface area contributed by atoms with E-state index >= 15 is 0 Å². The van der Waals surface area contributed by atoms with E-state index in [0.29, 0.717) is 6.42 Å². The van der Waals surface area contributed by atoms with Crippen molar-refractivity contribution >= 4 is 0 Å². The zero-order valence-corrected chi connectivity index (χ0v) is 10.6. The second-order valence-electron chi connectivity index (χ2n) is 5.31. The molecule has 1 rings (SSSR count). The van der Waals surface area contributed by atoms with Gasteiger partial charge in [0, 0.05) is 20.2 Å². The van der Waals surface area contributed by atoms with Crippen molar-refractivity contribution in [3.8, 4) is 6.07 Å². The van der Waals surface area contributed by atoms with Gasteiger partial charge in [-0.3, -0.25) is 0 Å². The van der Waals surface area contributed by atoms with Crippen molar-refractivity contribution in [2.75, 3.05) is 26.7 Å². The van der Waals surface area contributed by atoms with Crippen LogP contribution in [-0.4, -0.2) is 42.8 Å². The van der Waals surface area contributed by atoms with Crippen LogP contribution < -0.4 is 5.73 Å². The van der Waals surface area contributed by atoms with Gasteiger partial charge in [0.15, 0.2) is 0 Å². The molecule has 2 atom stereocenters. The third kappa shape index (κ3) is 3.75. The van der Waals surface area contributed by atoms with E-state index < -0.39 is 5.54 Å². The van der Waals surface area contributed by atoms with Gasteiger partial charge in [-0.25, -0.2) is 0 Å². The van der Waals surface area contributed by atoms with Gasteiger partial charge in [-0.2, -0.15) is 5.26 Å². The molecule has 0 spiro atoms. The van der Waals surface area contributed by atoms with Crippen molar-refractivity contribution < 1.29 is 4.74 Å². The fourth-order valence-corrected chi connectivity index (χ4v) is 2.11. The molecule has 0 aromatic rings. The zero-order chi connectivity index (χ0) is 12.2. The first-order valence-electron chi connectivity index (χ1n) is 5.88. The van der Waals surface area contributed by atoms with Gasteiger partial charge in [0.25, 0.3) is 0 Å². The number of hydrogen-bond acceptors (Lipinski definition) is 4. The Kier molecular flexibility index (Phi) is 4.31. The lowest BCUT2D eigenvalue weighted by Gasteiger charge is -2.40. The van der Waals surface area contributed by atoms with Gasteiger partial charge in [-0.15, -0.1) is 0 Å². The molecule has 2 unspecified atom stereocenters. The van der Waals surface area contributed by atoms with Crippen LogP contribution in [0.25, 0.3) is 0 Å². The summed E-state index contributed by atoms with van der Waals surface area (Å²) in [5, 5.41) is 8.85. The fourth-order valence-electron chi connectivity index (χ4n) is 2.11. The Morgan fingerprint density at radius 2 is 2.31 bits per heavy atom. The molecule has 2 N–H and O–H groups in total. The van der Waals surface area contributed by atoms with Crippen LogP contribution in [0.1, 0.15) is 33.1 Å². The van der Waals surface area contributed by atoms with Crippen molar-refractivity contribution in [3.63, 3.8) is 0 Å². The minimum absolute atomic E-state index is 0.0319. The number of hydrogen-bond donors (Lipinski definition) is 1. The average Bonchev–Trinajstić information content (AvgIpc) is 2.27. The highest BCUT2D eigenvalue weighted by atomic mass is 16.5. The Morgan fingerprint density at radius 1 is 1.62 bits per heavy atom. The highest BCUT2D eigenvalue weighted by Crippen LogP contribution is 2.24. The molecule has 0 radical (unpaired) electrons. The van der Waals surface area contributed by atoms with Crippen molar-refractivity contribution in [2.24, 2.45) is 5.73 Å². The summed E-state index contributed by atoms with van der Waals surface area (Å²) in [6.45, 7) is 6.82. The maximum atomic E-state index is 8.85. The lowest BCUT2D eigenvalue weighted by molar-refractivity contribution is -0.0513. The molecule has 1 aliphatic heterocycles. The predicted molar refractivity (Wildman–Crippen MR) is 63.9 cm³/mol. The summed E-state index contributed by atoms with van der Waals surface area (Å²) < 4.78 is 5.53. The highest BCUT2D eigenvalue weighted by molar-refractivity contribution is 5.01. The van der Waals surface area contributed by atoms with Crippen LogP contribution in [0, 0.1) is 11.3 Å². The summed E-state index contributed by atoms with van der Waals surface area (Å²) in [7, 11) is 1.77. The maximum Gasteiger partial charge on any atom is 0.102 e. The molecule has 92 valence electrons. The summed E-state index contributed by atoms with van der Waals surface area (Å²) >= 11 is 0. The molecular formula is C12H23N3O. The standard InChI is InChI=1S/C12H23N3O/c1-11(14,9-13)6-8-15-7-4-5-12(2,10-15)16-3/h4-8,10,14H2,1-3H3. The van der Waals surface area contributed by atoms with E-state index in [0.717, 1.165) is 32.5 Å². The van der Waals surface area contributed by atoms with Gasteiger partial charge < -0.3 is 15.4 Å². The van der Waals surface area contributed by atoms with Crippen LogP contribution >= 0.6 is 0 Å². The topological polar surface area (TPSA) is 62.3 Å². The van der Waals surface area contributed by atoms with Crippen LogP contribution in [0.5, 0.6) is 0 Å². The van der Waals surface area contributed by atoms with Crippen molar-refractivity contribution in [1.29, 1.82) is 5.26 Å². The molecule has 16 heavy (non-hydrogen) atoms. The Hall–Kier alpha value is -0.630. The molecule has 1 heterocycles. The zero-order valence-electron chi connectivity index (χ0n) is 10.6. The predicted octanol–water partition coefficient (Wildman–Crippen LogP) is 1.12. The van der Waals surface area contributed by atoms with Gasteiger partial charge in [0.2, 0.25) is 0 Å². The van der Waals surface area contributed by atoms with Crippen molar-refractivity contribution in [2.45, 2.75) is 44.2 Å². The molecule has 1 aliphatic rings. The highest BCUT2D eigenvalue weighted by Gasteiger charge is 2.31. The molecule has 1 fully saturated rings. The molecule has 0 aromatic carbocycles. The summed E-state index contributed by atoms with van der Waals surface area (Å²) in [6, 6.07) is 2.14. The average molecular weight is 225 g/mol. The molecule has 0 saturated carbocycles. The molecule has 4 nitrogen and oxygen atoms in total. The lowest BCUT2D eigenvalue weighted by atomic mass is 9.93. The number of nitrogens with two attached hydrogens (primary N) is 1. The molecule has 0 aliphatic carbocycles. The molecule has 0 amide bonds. The van der Waals surface area contributed by atoms with Gasteiger partial charge in [-0.1, -0.05) is 0 Å². The molecule has 1 saturated heterocycles. The van der Waals surface area contributed by atoms with E-state index in [1.165, 1.54) is 0 Å². The fraction of sp³-hybridized carbons (Fsp3) is 0.917. The molecular weight excluding hydrogens is 202 g/mol. The van der Waals surface area contributed by atoms with E-state index in [1.54, 1.807) is 14.0 Å². The van der Waals surface area contributed by atoms with Gasteiger partial charge in [0.05, 0.1) is 11.7 Å². The maximum absolute atomic E-state index is 8.85. The first kappa shape index (κ1) is 13.4. The minimum atomic E-state index is -0.707. The Labute approximate surface area is 98.4 Å². The van der Waals surface area contributed by atoms with Crippen LogP contribution in [-0.2, 0) is 4.74 Å². The SMILES string of the molecule is COC1(C)CCCN(CCC(C)(N)C#N)C1. The van der Waals surface area contributed by atoms with Crippen LogP contribution in [0.3, 0.4) is 0 Å². The normalized spacial score (nSPS) is 30.7. The number of likely N-dealkylation sites (tertiary alicyclic amines) is 1. The van der Waals surface area contributed by atoms with E-state index in [-0.39, 0.29) is 5.60 Å². The largest absolute Gasteiger partial charge is 0.377 e. The Balaban J connectivity index is 2.42. The quantitative estimate of drug-likeness (QED) is 0.778. The summed E-state index contributed by atoms with van der Waals surface area (Å²) in [5.41, 5.74) is 5.07. The third-order valence-corrected chi connectivity index (χ3v) is 3.43. The number of methoxy groups -OCH3 is 1. The Morgan fingerprint density at radius 3 is 2.88 bits per heavy atom. The monoisotopic (exact) mass is 225 g/mol. The first-order chi connectivity index (χ1) is 7.41. The second kappa shape index (κ2) is 5.13. The number of nitrogens with zero attached hydrogens (tertiary/aromatic N) is 2. The number of ether oxygens (including phenoxy) is 1. The first-order valence-corrected chi connectivity index (χ1v) is 5.88. The smallest absolute Gasteiger partial charge is 0.102 e. The van der Waals surface area contributed by atoms with E-state index in [4.69, 9.17) is 15.7 Å². The summed E-state index contributed by atoms with van der Waals surface area (Å²) in [4.78, 5) is 2.34. The summed E-state index contributed by atoms with van der Waals surface area (Å²) in [6.07, 6.45) is 2.97. The van der Waals surface area contributed by atoms with E-state index in [9.17, 15) is 0 Å². The number of piperidine rings is 1. The van der Waals surface area contributed by atoms with Gasteiger partial charge in [-0.05, 0) is 39.7 Å². The van der Waals surface area contributed by atoms with Gasteiger partial charge in [0.1, 0.15) is 5.54 Å². The summed E-state index contributed by atoms with van der Waals surface area (Å²) in [5.74, 6) is 0. The van der Waals surface area contributed by atoms with E-state index in [1.807, 2.05) is 0 Å². The van der Waals surface area contributed by atoms with Crippen molar-refractivity contribution in [3.05, 3.63) is 0 Å².